The van der Waals surface area contributed by atoms with Crippen LogP contribution in [0.5, 0.6) is 0 Å². The Morgan fingerprint density at radius 3 is 2.54 bits per heavy atom. The molecule has 1 heterocycles. The lowest BCUT2D eigenvalue weighted by Crippen LogP contribution is -2.47. The van der Waals surface area contributed by atoms with E-state index in [2.05, 4.69) is 10.2 Å². The van der Waals surface area contributed by atoms with Crippen molar-refractivity contribution in [1.29, 1.82) is 5.26 Å². The van der Waals surface area contributed by atoms with E-state index >= 15 is 0 Å². The number of nitriles is 1. The lowest BCUT2D eigenvalue weighted by atomic mass is 10.1. The summed E-state index contributed by atoms with van der Waals surface area (Å²) in [6.45, 7) is 2.74. The third kappa shape index (κ3) is 4.12. The Morgan fingerprint density at radius 2 is 1.92 bits per heavy atom. The zero-order valence-corrected chi connectivity index (χ0v) is 13.8. The van der Waals surface area contributed by atoms with Gasteiger partial charge in [0.15, 0.2) is 0 Å². The molecule has 2 rings (SSSR count). The highest BCUT2D eigenvalue weighted by atomic mass is 16.5. The van der Waals surface area contributed by atoms with Crippen molar-refractivity contribution in [2.45, 2.75) is 0 Å². The van der Waals surface area contributed by atoms with E-state index < -0.39 is 5.97 Å². The molecule has 1 N–H and O–H groups in total. The summed E-state index contributed by atoms with van der Waals surface area (Å²) in [5.74, 6) is -0.802. The SMILES string of the molecule is COC(=O)c1ccccc1N/C=C(/C#N)C(=O)N1CCN(C)CC1. The van der Waals surface area contributed by atoms with Crippen molar-refractivity contribution in [1.82, 2.24) is 9.80 Å². The second-order valence-corrected chi connectivity index (χ2v) is 5.45. The quantitative estimate of drug-likeness (QED) is 0.505. The number of methoxy groups -OCH3 is 1. The summed E-state index contributed by atoms with van der Waals surface area (Å²) < 4.78 is 4.72. The fourth-order valence-electron chi connectivity index (χ4n) is 2.37. The van der Waals surface area contributed by atoms with Gasteiger partial charge in [-0.25, -0.2) is 4.79 Å². The van der Waals surface area contributed by atoms with Gasteiger partial charge in [0.25, 0.3) is 5.91 Å². The molecule has 0 aromatic heterocycles. The number of esters is 1. The minimum absolute atomic E-state index is 0.000720. The van der Waals surface area contributed by atoms with E-state index in [0.29, 0.717) is 24.3 Å². The number of para-hydroxylation sites is 1. The van der Waals surface area contributed by atoms with Crippen LogP contribution in [0.3, 0.4) is 0 Å². The van der Waals surface area contributed by atoms with E-state index in [0.717, 1.165) is 13.1 Å². The number of ether oxygens (including phenoxy) is 1. The predicted octanol–water partition coefficient (Wildman–Crippen LogP) is 1.07. The maximum absolute atomic E-state index is 12.4. The minimum atomic E-state index is -0.490. The molecule has 1 amide bonds. The number of likely N-dealkylation sites (N-methyl/N-ethyl adjacent to an activating group) is 1. The smallest absolute Gasteiger partial charge is 0.339 e. The fraction of sp³-hybridized carbons (Fsp3) is 0.353. The summed E-state index contributed by atoms with van der Waals surface area (Å²) in [5.41, 5.74) is 0.808. The highest BCUT2D eigenvalue weighted by molar-refractivity contribution is 5.99. The van der Waals surface area contributed by atoms with E-state index in [1.807, 2.05) is 13.1 Å². The van der Waals surface area contributed by atoms with Gasteiger partial charge in [-0.3, -0.25) is 4.79 Å². The molecule has 7 nitrogen and oxygen atoms in total. The van der Waals surface area contributed by atoms with Crippen LogP contribution in [0, 0.1) is 11.3 Å². The summed E-state index contributed by atoms with van der Waals surface area (Å²) in [4.78, 5) is 27.9. The predicted molar refractivity (Wildman–Crippen MR) is 89.2 cm³/mol. The van der Waals surface area contributed by atoms with E-state index in [1.165, 1.54) is 13.3 Å². The van der Waals surface area contributed by atoms with Crippen LogP contribution in [0.2, 0.25) is 0 Å². The molecule has 1 aromatic carbocycles. The number of amides is 1. The summed E-state index contributed by atoms with van der Waals surface area (Å²) in [7, 11) is 3.29. The Bertz CT molecular complexity index is 685. The van der Waals surface area contributed by atoms with Crippen molar-refractivity contribution < 1.29 is 14.3 Å². The first-order valence-corrected chi connectivity index (χ1v) is 7.58. The molecule has 7 heteroatoms. The Hall–Kier alpha value is -2.85. The molecule has 24 heavy (non-hydrogen) atoms. The highest BCUT2D eigenvalue weighted by Gasteiger charge is 2.22. The lowest BCUT2D eigenvalue weighted by Gasteiger charge is -2.32. The Labute approximate surface area is 141 Å². The fourth-order valence-corrected chi connectivity index (χ4v) is 2.37. The van der Waals surface area contributed by atoms with Crippen molar-refractivity contribution in [3.63, 3.8) is 0 Å². The lowest BCUT2D eigenvalue weighted by molar-refractivity contribution is -0.128. The molecule has 1 saturated heterocycles. The Balaban J connectivity index is 2.13. The molecule has 0 spiro atoms. The van der Waals surface area contributed by atoms with E-state index in [9.17, 15) is 14.9 Å². The molecule has 0 radical (unpaired) electrons. The van der Waals surface area contributed by atoms with E-state index in [-0.39, 0.29) is 11.5 Å². The van der Waals surface area contributed by atoms with Gasteiger partial charge in [0.1, 0.15) is 11.6 Å². The van der Waals surface area contributed by atoms with Gasteiger partial charge in [-0.05, 0) is 19.2 Å². The maximum atomic E-state index is 12.4. The molecule has 1 aliphatic rings. The van der Waals surface area contributed by atoms with Crippen LogP contribution in [0.15, 0.2) is 36.0 Å². The standard InChI is InChI=1S/C17H20N4O3/c1-20-7-9-21(10-8-20)16(22)13(11-18)12-19-15-6-4-3-5-14(15)17(23)24-2/h3-6,12,19H,7-10H2,1-2H3/b13-12-. The number of piperazine rings is 1. The summed E-state index contributed by atoms with van der Waals surface area (Å²) in [6, 6.07) is 8.66. The topological polar surface area (TPSA) is 85.7 Å². The third-order valence-electron chi connectivity index (χ3n) is 3.85. The van der Waals surface area contributed by atoms with Crippen molar-refractivity contribution in [2.75, 3.05) is 45.7 Å². The van der Waals surface area contributed by atoms with Crippen LogP contribution < -0.4 is 5.32 Å². The van der Waals surface area contributed by atoms with E-state index in [1.54, 1.807) is 29.2 Å². The summed E-state index contributed by atoms with van der Waals surface area (Å²) in [6.07, 6.45) is 1.34. The van der Waals surface area contributed by atoms with Crippen LogP contribution in [0.4, 0.5) is 5.69 Å². The van der Waals surface area contributed by atoms with Gasteiger partial charge in [-0.2, -0.15) is 5.26 Å². The molecule has 1 aromatic rings. The minimum Gasteiger partial charge on any atom is -0.465 e. The monoisotopic (exact) mass is 328 g/mol. The van der Waals surface area contributed by atoms with Gasteiger partial charge < -0.3 is 19.9 Å². The van der Waals surface area contributed by atoms with Gasteiger partial charge >= 0.3 is 5.97 Å². The average Bonchev–Trinajstić information content (AvgIpc) is 2.62. The van der Waals surface area contributed by atoms with Crippen molar-refractivity contribution in [3.05, 3.63) is 41.6 Å². The van der Waals surface area contributed by atoms with Gasteiger partial charge in [0.2, 0.25) is 0 Å². The van der Waals surface area contributed by atoms with Crippen LogP contribution in [-0.4, -0.2) is 62.0 Å². The van der Waals surface area contributed by atoms with Crippen molar-refractivity contribution in [3.8, 4) is 6.07 Å². The largest absolute Gasteiger partial charge is 0.465 e. The number of nitrogens with one attached hydrogen (secondary N) is 1. The van der Waals surface area contributed by atoms with Crippen LogP contribution in [-0.2, 0) is 9.53 Å². The molecule has 1 aliphatic heterocycles. The normalized spacial score (nSPS) is 15.5. The molecule has 0 aliphatic carbocycles. The molecule has 0 atom stereocenters. The number of hydrogen-bond donors (Lipinski definition) is 1. The number of benzene rings is 1. The summed E-state index contributed by atoms with van der Waals surface area (Å²) in [5, 5.41) is 12.1. The molecular weight excluding hydrogens is 308 g/mol. The first-order valence-electron chi connectivity index (χ1n) is 7.58. The molecule has 0 unspecified atom stereocenters. The maximum Gasteiger partial charge on any atom is 0.339 e. The first kappa shape index (κ1) is 17.5. The number of rotatable bonds is 4. The molecule has 126 valence electrons. The number of nitrogens with zero attached hydrogens (tertiary/aromatic N) is 3. The number of carbonyl (C=O) groups excluding carboxylic acids is 2. The molecular formula is C17H20N4O3. The van der Waals surface area contributed by atoms with Crippen LogP contribution in [0.25, 0.3) is 0 Å². The van der Waals surface area contributed by atoms with Crippen LogP contribution in [0.1, 0.15) is 10.4 Å². The Morgan fingerprint density at radius 1 is 1.25 bits per heavy atom. The van der Waals surface area contributed by atoms with Gasteiger partial charge in [0, 0.05) is 32.4 Å². The summed E-state index contributed by atoms with van der Waals surface area (Å²) >= 11 is 0. The zero-order chi connectivity index (χ0) is 17.5. The number of anilines is 1. The third-order valence-corrected chi connectivity index (χ3v) is 3.85. The van der Waals surface area contributed by atoms with Gasteiger partial charge in [-0.1, -0.05) is 12.1 Å². The zero-order valence-electron chi connectivity index (χ0n) is 13.8. The van der Waals surface area contributed by atoms with E-state index in [4.69, 9.17) is 4.74 Å². The number of hydrogen-bond acceptors (Lipinski definition) is 6. The first-order chi connectivity index (χ1) is 11.6. The second kappa shape index (κ2) is 8.13. The van der Waals surface area contributed by atoms with Gasteiger partial charge in [-0.15, -0.1) is 0 Å². The highest BCUT2D eigenvalue weighted by Crippen LogP contribution is 2.17. The van der Waals surface area contributed by atoms with Crippen molar-refractivity contribution in [2.24, 2.45) is 0 Å². The molecule has 1 fully saturated rings. The number of carbonyl (C=O) groups is 2. The second-order valence-electron chi connectivity index (χ2n) is 5.45. The van der Waals surface area contributed by atoms with Crippen LogP contribution >= 0.6 is 0 Å². The van der Waals surface area contributed by atoms with Gasteiger partial charge in [0.05, 0.1) is 18.4 Å². The molecule has 0 saturated carbocycles. The Kier molecular flexibility index (Phi) is 5.93. The average molecular weight is 328 g/mol. The van der Waals surface area contributed by atoms with Crippen molar-refractivity contribution >= 4 is 17.6 Å². The molecule has 0 bridgehead atoms.